The Morgan fingerprint density at radius 1 is 1.50 bits per heavy atom. The highest BCUT2D eigenvalue weighted by molar-refractivity contribution is 5.94. The van der Waals surface area contributed by atoms with E-state index in [4.69, 9.17) is 5.73 Å². The van der Waals surface area contributed by atoms with E-state index in [-0.39, 0.29) is 18.0 Å². The Labute approximate surface area is 94.8 Å². The maximum atomic E-state index is 12.9. The van der Waals surface area contributed by atoms with Crippen LogP contribution < -0.4 is 11.1 Å². The molecule has 0 fully saturated rings. The Morgan fingerprint density at radius 3 is 2.75 bits per heavy atom. The molecule has 0 saturated heterocycles. The third-order valence-corrected chi connectivity index (χ3v) is 2.19. The maximum Gasteiger partial charge on any atom is 0.251 e. The molecule has 0 radical (unpaired) electrons. The van der Waals surface area contributed by atoms with Gasteiger partial charge in [-0.25, -0.2) is 4.39 Å². The summed E-state index contributed by atoms with van der Waals surface area (Å²) < 4.78 is 12.9. The molecule has 0 bridgehead atoms. The normalized spacial score (nSPS) is 14.2. The predicted molar refractivity (Wildman–Crippen MR) is 61.6 cm³/mol. The standard InChI is InChI=1S/C12H17FN2O/c1-8(14)6-9(2)15-12(16)10-4-3-5-11(13)7-10/h3-5,7-9H,6,14H2,1-2H3,(H,15,16). The number of benzene rings is 1. The van der Waals surface area contributed by atoms with Gasteiger partial charge in [-0.05, 0) is 38.5 Å². The van der Waals surface area contributed by atoms with Crippen molar-refractivity contribution in [3.05, 3.63) is 35.6 Å². The molecule has 16 heavy (non-hydrogen) atoms. The summed E-state index contributed by atoms with van der Waals surface area (Å²) in [4.78, 5) is 11.7. The monoisotopic (exact) mass is 224 g/mol. The molecule has 0 heterocycles. The lowest BCUT2D eigenvalue weighted by Crippen LogP contribution is -2.36. The molecule has 2 unspecified atom stereocenters. The van der Waals surface area contributed by atoms with Crippen LogP contribution in [0.3, 0.4) is 0 Å². The molecule has 1 aromatic rings. The zero-order valence-corrected chi connectivity index (χ0v) is 9.53. The summed E-state index contributed by atoms with van der Waals surface area (Å²) >= 11 is 0. The predicted octanol–water partition coefficient (Wildman–Crippen LogP) is 1.68. The summed E-state index contributed by atoms with van der Waals surface area (Å²) in [6, 6.07) is 5.63. The van der Waals surface area contributed by atoms with Crippen molar-refractivity contribution in [2.75, 3.05) is 0 Å². The number of nitrogens with one attached hydrogen (secondary N) is 1. The van der Waals surface area contributed by atoms with Gasteiger partial charge in [-0.3, -0.25) is 4.79 Å². The van der Waals surface area contributed by atoms with Crippen LogP contribution in [0.1, 0.15) is 30.6 Å². The van der Waals surface area contributed by atoms with Crippen LogP contribution in [0.5, 0.6) is 0 Å². The molecule has 4 heteroatoms. The zero-order chi connectivity index (χ0) is 12.1. The van der Waals surface area contributed by atoms with Crippen LogP contribution in [0.15, 0.2) is 24.3 Å². The van der Waals surface area contributed by atoms with E-state index in [9.17, 15) is 9.18 Å². The van der Waals surface area contributed by atoms with Crippen molar-refractivity contribution < 1.29 is 9.18 Å². The molecule has 1 aromatic carbocycles. The molecule has 1 rings (SSSR count). The minimum absolute atomic E-state index is 0.0178. The van der Waals surface area contributed by atoms with E-state index in [0.29, 0.717) is 12.0 Å². The van der Waals surface area contributed by atoms with Crippen LogP contribution in [0.4, 0.5) is 4.39 Å². The molecule has 2 atom stereocenters. The first kappa shape index (κ1) is 12.6. The SMILES string of the molecule is CC(N)CC(C)NC(=O)c1cccc(F)c1. The molecule has 3 N–H and O–H groups in total. The second-order valence-electron chi connectivity index (χ2n) is 4.10. The van der Waals surface area contributed by atoms with Crippen molar-refractivity contribution in [3.63, 3.8) is 0 Å². The lowest BCUT2D eigenvalue weighted by atomic mass is 10.1. The molecular formula is C12H17FN2O. The summed E-state index contributed by atoms with van der Waals surface area (Å²) in [5.74, 6) is -0.680. The van der Waals surface area contributed by atoms with Gasteiger partial charge in [0.05, 0.1) is 0 Å². The van der Waals surface area contributed by atoms with Crippen molar-refractivity contribution in [2.24, 2.45) is 5.73 Å². The fraction of sp³-hybridized carbons (Fsp3) is 0.417. The Bertz CT molecular complexity index is 366. The molecule has 3 nitrogen and oxygen atoms in total. The maximum absolute atomic E-state index is 12.9. The summed E-state index contributed by atoms with van der Waals surface area (Å²) in [6.45, 7) is 3.76. The van der Waals surface area contributed by atoms with Gasteiger partial charge in [0.15, 0.2) is 0 Å². The van der Waals surface area contributed by atoms with Crippen LogP contribution in [0, 0.1) is 5.82 Å². The lowest BCUT2D eigenvalue weighted by Gasteiger charge is -2.15. The topological polar surface area (TPSA) is 55.1 Å². The number of nitrogens with two attached hydrogens (primary N) is 1. The van der Waals surface area contributed by atoms with E-state index >= 15 is 0 Å². The first-order valence-corrected chi connectivity index (χ1v) is 5.31. The highest BCUT2D eigenvalue weighted by Crippen LogP contribution is 2.04. The number of rotatable bonds is 4. The van der Waals surface area contributed by atoms with Crippen molar-refractivity contribution in [3.8, 4) is 0 Å². The van der Waals surface area contributed by atoms with Gasteiger partial charge in [-0.1, -0.05) is 6.07 Å². The zero-order valence-electron chi connectivity index (χ0n) is 9.53. The van der Waals surface area contributed by atoms with Gasteiger partial charge >= 0.3 is 0 Å². The second kappa shape index (κ2) is 5.61. The highest BCUT2D eigenvalue weighted by atomic mass is 19.1. The molecule has 0 aliphatic heterocycles. The van der Waals surface area contributed by atoms with E-state index in [1.54, 1.807) is 6.07 Å². The van der Waals surface area contributed by atoms with Crippen molar-refractivity contribution in [1.82, 2.24) is 5.32 Å². The number of hydrogen-bond donors (Lipinski definition) is 2. The number of carbonyl (C=O) groups excluding carboxylic acids is 1. The fourth-order valence-electron chi connectivity index (χ4n) is 1.55. The molecule has 0 aromatic heterocycles. The molecule has 1 amide bonds. The Morgan fingerprint density at radius 2 is 2.19 bits per heavy atom. The Hall–Kier alpha value is -1.42. The number of carbonyl (C=O) groups is 1. The summed E-state index contributed by atoms with van der Waals surface area (Å²) in [5.41, 5.74) is 5.95. The molecule has 88 valence electrons. The largest absolute Gasteiger partial charge is 0.350 e. The summed E-state index contributed by atoms with van der Waals surface area (Å²) in [5, 5.41) is 2.77. The molecule has 0 aliphatic carbocycles. The van der Waals surface area contributed by atoms with Crippen LogP contribution in [-0.4, -0.2) is 18.0 Å². The fourth-order valence-corrected chi connectivity index (χ4v) is 1.55. The second-order valence-corrected chi connectivity index (χ2v) is 4.10. The van der Waals surface area contributed by atoms with Crippen molar-refractivity contribution in [1.29, 1.82) is 0 Å². The van der Waals surface area contributed by atoms with Crippen LogP contribution in [-0.2, 0) is 0 Å². The Balaban J connectivity index is 2.59. The summed E-state index contributed by atoms with van der Waals surface area (Å²) in [6.07, 6.45) is 0.695. The van der Waals surface area contributed by atoms with Gasteiger partial charge in [-0.15, -0.1) is 0 Å². The van der Waals surface area contributed by atoms with Gasteiger partial charge in [0.2, 0.25) is 0 Å². The van der Waals surface area contributed by atoms with E-state index in [1.807, 2.05) is 13.8 Å². The average Bonchev–Trinajstić information content (AvgIpc) is 2.16. The van der Waals surface area contributed by atoms with Crippen molar-refractivity contribution >= 4 is 5.91 Å². The van der Waals surface area contributed by atoms with Gasteiger partial charge in [0.1, 0.15) is 5.82 Å². The molecule has 0 saturated carbocycles. The average molecular weight is 224 g/mol. The Kier molecular flexibility index (Phi) is 4.43. The number of amides is 1. The molecule has 0 spiro atoms. The van der Waals surface area contributed by atoms with Gasteiger partial charge in [0.25, 0.3) is 5.91 Å². The highest BCUT2D eigenvalue weighted by Gasteiger charge is 2.11. The van der Waals surface area contributed by atoms with E-state index in [2.05, 4.69) is 5.32 Å². The first-order chi connectivity index (χ1) is 7.49. The van der Waals surface area contributed by atoms with E-state index in [0.717, 1.165) is 0 Å². The minimum atomic E-state index is -0.410. The minimum Gasteiger partial charge on any atom is -0.350 e. The van der Waals surface area contributed by atoms with Crippen LogP contribution >= 0.6 is 0 Å². The third kappa shape index (κ3) is 3.98. The molecule has 0 aliphatic rings. The van der Waals surface area contributed by atoms with Gasteiger partial charge in [0, 0.05) is 17.6 Å². The van der Waals surface area contributed by atoms with Gasteiger partial charge < -0.3 is 11.1 Å². The smallest absolute Gasteiger partial charge is 0.251 e. The number of halogens is 1. The third-order valence-electron chi connectivity index (χ3n) is 2.19. The lowest BCUT2D eigenvalue weighted by molar-refractivity contribution is 0.0937. The van der Waals surface area contributed by atoms with Gasteiger partial charge in [-0.2, -0.15) is 0 Å². The number of hydrogen-bond acceptors (Lipinski definition) is 2. The van der Waals surface area contributed by atoms with Crippen LogP contribution in [0.25, 0.3) is 0 Å². The van der Waals surface area contributed by atoms with Crippen molar-refractivity contribution in [2.45, 2.75) is 32.4 Å². The molecular weight excluding hydrogens is 207 g/mol. The van der Waals surface area contributed by atoms with Crippen LogP contribution in [0.2, 0.25) is 0 Å². The van der Waals surface area contributed by atoms with E-state index < -0.39 is 5.82 Å². The first-order valence-electron chi connectivity index (χ1n) is 5.31. The summed E-state index contributed by atoms with van der Waals surface area (Å²) in [7, 11) is 0. The van der Waals surface area contributed by atoms with E-state index in [1.165, 1.54) is 18.2 Å². The quantitative estimate of drug-likeness (QED) is 0.817.